The molecule has 5 nitrogen and oxygen atoms in total. The number of esters is 1. The zero-order valence-electron chi connectivity index (χ0n) is 13.8. The first-order valence-electron chi connectivity index (χ1n) is 7.78. The molecular formula is C18H21NO4S. The molecule has 0 bridgehead atoms. The number of nitrogens with zero attached hydrogens (tertiary/aromatic N) is 1. The fourth-order valence-corrected chi connectivity index (χ4v) is 3.31. The van der Waals surface area contributed by atoms with Crippen LogP contribution in [0.15, 0.2) is 59.5 Å². The lowest BCUT2D eigenvalue weighted by molar-refractivity contribution is 0.0500. The van der Waals surface area contributed by atoms with Crippen molar-refractivity contribution in [3.8, 4) is 0 Å². The van der Waals surface area contributed by atoms with E-state index in [0.717, 1.165) is 12.8 Å². The molecule has 2 rings (SSSR count). The molecule has 0 heterocycles. The molecule has 0 aliphatic carbocycles. The van der Waals surface area contributed by atoms with Gasteiger partial charge in [0.15, 0.2) is 0 Å². The first-order valence-corrected chi connectivity index (χ1v) is 9.22. The second-order valence-corrected chi connectivity index (χ2v) is 7.29. The smallest absolute Gasteiger partial charge is 0.338 e. The Kier molecular flexibility index (Phi) is 5.98. The van der Waals surface area contributed by atoms with Gasteiger partial charge < -0.3 is 4.74 Å². The highest BCUT2D eigenvalue weighted by molar-refractivity contribution is 7.92. The topological polar surface area (TPSA) is 63.7 Å². The Bertz CT molecular complexity index is 770. The van der Waals surface area contributed by atoms with Gasteiger partial charge in [0.2, 0.25) is 0 Å². The number of anilines is 1. The molecule has 0 amide bonds. The summed E-state index contributed by atoms with van der Waals surface area (Å²) >= 11 is 0. The van der Waals surface area contributed by atoms with Crippen LogP contribution in [-0.2, 0) is 14.8 Å². The van der Waals surface area contributed by atoms with Gasteiger partial charge in [-0.2, -0.15) is 0 Å². The molecule has 6 heteroatoms. The van der Waals surface area contributed by atoms with Crippen LogP contribution in [0.5, 0.6) is 0 Å². The Morgan fingerprint density at radius 3 is 2.25 bits per heavy atom. The van der Waals surface area contributed by atoms with Crippen LogP contribution in [0.2, 0.25) is 0 Å². The molecule has 0 aliphatic heterocycles. The molecule has 0 aromatic heterocycles. The highest BCUT2D eigenvalue weighted by Gasteiger charge is 2.21. The minimum atomic E-state index is -3.63. The van der Waals surface area contributed by atoms with Crippen molar-refractivity contribution in [3.63, 3.8) is 0 Å². The van der Waals surface area contributed by atoms with Gasteiger partial charge in [-0.1, -0.05) is 31.5 Å². The molecule has 0 saturated carbocycles. The predicted molar refractivity (Wildman–Crippen MR) is 93.7 cm³/mol. The van der Waals surface area contributed by atoms with Gasteiger partial charge >= 0.3 is 5.97 Å². The lowest BCUT2D eigenvalue weighted by Crippen LogP contribution is -2.26. The van der Waals surface area contributed by atoms with E-state index in [0.29, 0.717) is 17.9 Å². The van der Waals surface area contributed by atoms with Gasteiger partial charge in [-0.15, -0.1) is 0 Å². The highest BCUT2D eigenvalue weighted by atomic mass is 32.2. The largest absolute Gasteiger partial charge is 0.462 e. The Labute approximate surface area is 142 Å². The van der Waals surface area contributed by atoms with E-state index in [9.17, 15) is 13.2 Å². The molecule has 0 unspecified atom stereocenters. The zero-order valence-corrected chi connectivity index (χ0v) is 14.6. The molecule has 0 aliphatic rings. The van der Waals surface area contributed by atoms with Crippen molar-refractivity contribution in [1.29, 1.82) is 0 Å². The average Bonchev–Trinajstić information content (AvgIpc) is 2.62. The van der Waals surface area contributed by atoms with E-state index >= 15 is 0 Å². The minimum absolute atomic E-state index is 0.218. The third-order valence-corrected chi connectivity index (χ3v) is 5.40. The van der Waals surface area contributed by atoms with Gasteiger partial charge in [-0.05, 0) is 42.8 Å². The first kappa shape index (κ1) is 18.0. The van der Waals surface area contributed by atoms with Crippen molar-refractivity contribution >= 4 is 21.7 Å². The Hall–Kier alpha value is -2.34. The van der Waals surface area contributed by atoms with Crippen molar-refractivity contribution in [2.45, 2.75) is 24.7 Å². The number of hydrogen-bond acceptors (Lipinski definition) is 4. The van der Waals surface area contributed by atoms with Gasteiger partial charge in [0.25, 0.3) is 10.0 Å². The monoisotopic (exact) mass is 347 g/mol. The van der Waals surface area contributed by atoms with Crippen molar-refractivity contribution in [1.82, 2.24) is 0 Å². The summed E-state index contributed by atoms with van der Waals surface area (Å²) in [6.07, 6.45) is 1.77. The highest BCUT2D eigenvalue weighted by Crippen LogP contribution is 2.22. The number of sulfonamides is 1. The van der Waals surface area contributed by atoms with Crippen LogP contribution in [0.1, 0.15) is 30.1 Å². The number of carbonyl (C=O) groups is 1. The number of ether oxygens (including phenoxy) is 1. The Morgan fingerprint density at radius 1 is 1.04 bits per heavy atom. The van der Waals surface area contributed by atoms with E-state index in [1.807, 2.05) is 6.92 Å². The molecule has 2 aromatic carbocycles. The molecule has 0 N–H and O–H groups in total. The molecule has 0 fully saturated rings. The van der Waals surface area contributed by atoms with Crippen molar-refractivity contribution < 1.29 is 17.9 Å². The van der Waals surface area contributed by atoms with E-state index in [4.69, 9.17) is 4.74 Å². The predicted octanol–water partition coefficient (Wildman–Crippen LogP) is 3.47. The van der Waals surface area contributed by atoms with Crippen LogP contribution >= 0.6 is 0 Å². The maximum absolute atomic E-state index is 12.6. The molecule has 24 heavy (non-hydrogen) atoms. The van der Waals surface area contributed by atoms with Crippen molar-refractivity contribution in [2.75, 3.05) is 18.0 Å². The van der Waals surface area contributed by atoms with Crippen LogP contribution in [0.3, 0.4) is 0 Å². The van der Waals surface area contributed by atoms with Crippen LogP contribution in [0.4, 0.5) is 5.69 Å². The fraction of sp³-hybridized carbons (Fsp3) is 0.278. The Balaban J connectivity index is 2.14. The second-order valence-electron chi connectivity index (χ2n) is 5.32. The lowest BCUT2D eigenvalue weighted by atomic mass is 10.2. The molecule has 0 atom stereocenters. The number of carbonyl (C=O) groups excluding carboxylic acids is 1. The van der Waals surface area contributed by atoms with Gasteiger partial charge in [0.05, 0.1) is 22.8 Å². The summed E-state index contributed by atoms with van der Waals surface area (Å²) in [7, 11) is -2.14. The van der Waals surface area contributed by atoms with Crippen LogP contribution in [0.25, 0.3) is 0 Å². The molecule has 2 aromatic rings. The molecular weight excluding hydrogens is 326 g/mol. The van der Waals surface area contributed by atoms with Gasteiger partial charge in [0, 0.05) is 7.05 Å². The summed E-state index contributed by atoms with van der Waals surface area (Å²) in [4.78, 5) is 12.1. The van der Waals surface area contributed by atoms with Gasteiger partial charge in [-0.3, -0.25) is 4.31 Å². The van der Waals surface area contributed by atoms with Gasteiger partial charge in [0.1, 0.15) is 0 Å². The van der Waals surface area contributed by atoms with E-state index in [-0.39, 0.29) is 4.90 Å². The summed E-state index contributed by atoms with van der Waals surface area (Å²) in [5, 5.41) is 0. The summed E-state index contributed by atoms with van der Waals surface area (Å²) in [6.45, 7) is 2.41. The summed E-state index contributed by atoms with van der Waals surface area (Å²) in [5.41, 5.74) is 0.879. The SMILES string of the molecule is CCCCOC(=O)c1ccc(N(C)S(=O)(=O)c2ccccc2)cc1. The fourth-order valence-electron chi connectivity index (χ4n) is 2.09. The quantitative estimate of drug-likeness (QED) is 0.568. The number of unbranched alkanes of at least 4 members (excludes halogenated alkanes) is 1. The number of benzene rings is 2. The first-order chi connectivity index (χ1) is 11.5. The second kappa shape index (κ2) is 7.97. The zero-order chi connectivity index (χ0) is 17.6. The molecule has 0 radical (unpaired) electrons. The van der Waals surface area contributed by atoms with Crippen LogP contribution in [0, 0.1) is 0 Å². The minimum Gasteiger partial charge on any atom is -0.462 e. The van der Waals surface area contributed by atoms with E-state index < -0.39 is 16.0 Å². The van der Waals surface area contributed by atoms with Crippen molar-refractivity contribution in [2.24, 2.45) is 0 Å². The molecule has 128 valence electrons. The maximum atomic E-state index is 12.6. The number of rotatable bonds is 7. The van der Waals surface area contributed by atoms with E-state index in [2.05, 4.69) is 0 Å². The lowest BCUT2D eigenvalue weighted by Gasteiger charge is -2.19. The maximum Gasteiger partial charge on any atom is 0.338 e. The van der Waals surface area contributed by atoms with Crippen LogP contribution < -0.4 is 4.31 Å². The normalized spacial score (nSPS) is 11.1. The average molecular weight is 347 g/mol. The van der Waals surface area contributed by atoms with Gasteiger partial charge in [-0.25, -0.2) is 13.2 Å². The van der Waals surface area contributed by atoms with E-state index in [1.54, 1.807) is 54.6 Å². The van der Waals surface area contributed by atoms with E-state index in [1.165, 1.54) is 11.4 Å². The molecule has 0 spiro atoms. The van der Waals surface area contributed by atoms with Crippen LogP contribution in [-0.4, -0.2) is 28.0 Å². The summed E-state index contributed by atoms with van der Waals surface area (Å²) in [5.74, 6) is -0.399. The standard InChI is InChI=1S/C18H21NO4S/c1-3-4-14-23-18(20)15-10-12-16(13-11-15)19(2)24(21,22)17-8-6-5-7-9-17/h5-13H,3-4,14H2,1-2H3. The number of hydrogen-bond donors (Lipinski definition) is 0. The third-order valence-electron chi connectivity index (χ3n) is 3.60. The summed E-state index contributed by atoms with van der Waals surface area (Å²) < 4.78 is 31.4. The molecule has 0 saturated heterocycles. The summed E-state index contributed by atoms with van der Waals surface area (Å²) in [6, 6.07) is 14.5. The Morgan fingerprint density at radius 2 is 1.67 bits per heavy atom. The third kappa shape index (κ3) is 4.14. The van der Waals surface area contributed by atoms with Crippen molar-refractivity contribution in [3.05, 3.63) is 60.2 Å².